The normalized spacial score (nSPS) is 14.2. The molecule has 2 heterocycles. The molecule has 0 saturated heterocycles. The minimum absolute atomic E-state index is 0.263. The molecule has 0 radical (unpaired) electrons. The topological polar surface area (TPSA) is 64.8 Å². The molecule has 1 aliphatic heterocycles. The van der Waals surface area contributed by atoms with E-state index < -0.39 is 0 Å². The molecule has 0 saturated carbocycles. The van der Waals surface area contributed by atoms with Crippen LogP contribution >= 0.6 is 0 Å². The Balaban J connectivity index is 2.57. The largest absolute Gasteiger partial charge is 0.362 e. The number of fused-ring (bicyclic) bond motifs is 1. The number of aromatic nitrogens is 2. The van der Waals surface area contributed by atoms with Crippen molar-refractivity contribution in [3.8, 4) is 6.07 Å². The van der Waals surface area contributed by atoms with Crippen molar-refractivity contribution in [2.24, 2.45) is 0 Å². The Morgan fingerprint density at radius 2 is 2.20 bits per heavy atom. The van der Waals surface area contributed by atoms with Gasteiger partial charge in [-0.05, 0) is 0 Å². The van der Waals surface area contributed by atoms with Crippen molar-refractivity contribution in [2.45, 2.75) is 13.0 Å². The predicted molar refractivity (Wildman–Crippen MR) is 56.5 cm³/mol. The molecule has 2 rings (SSSR count). The van der Waals surface area contributed by atoms with E-state index in [1.807, 2.05) is 25.1 Å². The molecule has 0 aromatic carbocycles. The Morgan fingerprint density at radius 3 is 2.87 bits per heavy atom. The summed E-state index contributed by atoms with van der Waals surface area (Å²) in [7, 11) is 3.86. The van der Waals surface area contributed by atoms with Crippen molar-refractivity contribution < 1.29 is 0 Å². The van der Waals surface area contributed by atoms with Gasteiger partial charge in [0.15, 0.2) is 0 Å². The number of rotatable bonds is 1. The van der Waals surface area contributed by atoms with Crippen molar-refractivity contribution in [1.29, 1.82) is 5.26 Å². The first-order chi connectivity index (χ1) is 7.22. The molecule has 1 aromatic rings. The van der Waals surface area contributed by atoms with Crippen molar-refractivity contribution in [2.75, 3.05) is 25.5 Å². The molecule has 1 N–H and O–H groups in total. The van der Waals surface area contributed by atoms with E-state index in [-0.39, 0.29) is 5.82 Å². The molecule has 15 heavy (non-hydrogen) atoms. The molecule has 0 bridgehead atoms. The van der Waals surface area contributed by atoms with E-state index in [9.17, 15) is 0 Å². The number of hydrogen-bond acceptors (Lipinski definition) is 5. The molecular weight excluding hydrogens is 190 g/mol. The first-order valence-electron chi connectivity index (χ1n) is 4.90. The van der Waals surface area contributed by atoms with Gasteiger partial charge >= 0.3 is 0 Å². The third-order valence-electron chi connectivity index (χ3n) is 2.43. The average molecular weight is 203 g/mol. The fourth-order valence-electron chi connectivity index (χ4n) is 1.75. The van der Waals surface area contributed by atoms with E-state index in [2.05, 4.69) is 15.3 Å². The summed E-state index contributed by atoms with van der Waals surface area (Å²) in [4.78, 5) is 10.4. The summed E-state index contributed by atoms with van der Waals surface area (Å²) in [5.41, 5.74) is 2.12. The molecule has 78 valence electrons. The summed E-state index contributed by atoms with van der Waals surface area (Å²) in [6, 6.07) is 2.00. The fraction of sp³-hybridized carbons (Fsp3) is 0.500. The Bertz CT molecular complexity index is 419. The Morgan fingerprint density at radius 1 is 1.40 bits per heavy atom. The van der Waals surface area contributed by atoms with Crippen molar-refractivity contribution in [3.05, 3.63) is 17.1 Å². The van der Waals surface area contributed by atoms with Crippen molar-refractivity contribution in [3.63, 3.8) is 0 Å². The molecule has 1 aromatic heterocycles. The van der Waals surface area contributed by atoms with Gasteiger partial charge in [-0.2, -0.15) is 5.26 Å². The SMILES string of the molecule is CN(C)c1nc(C#N)nc2c1CNCC2. The Kier molecular flexibility index (Phi) is 2.52. The predicted octanol–water partition coefficient (Wildman–Crippen LogP) is 0.0600. The highest BCUT2D eigenvalue weighted by Gasteiger charge is 2.18. The van der Waals surface area contributed by atoms with Crippen LogP contribution in [0.25, 0.3) is 0 Å². The van der Waals surface area contributed by atoms with Gasteiger partial charge in [0.25, 0.3) is 0 Å². The molecule has 0 aliphatic carbocycles. The van der Waals surface area contributed by atoms with Crippen LogP contribution in [0.4, 0.5) is 5.82 Å². The lowest BCUT2D eigenvalue weighted by Gasteiger charge is -2.22. The number of anilines is 1. The van der Waals surface area contributed by atoms with Crippen molar-refractivity contribution in [1.82, 2.24) is 15.3 Å². The van der Waals surface area contributed by atoms with Gasteiger partial charge in [0, 0.05) is 39.2 Å². The average Bonchev–Trinajstić information content (AvgIpc) is 2.27. The Hall–Kier alpha value is -1.67. The highest BCUT2D eigenvalue weighted by molar-refractivity contribution is 5.50. The molecule has 5 heteroatoms. The van der Waals surface area contributed by atoms with Crippen LogP contribution in [0.15, 0.2) is 0 Å². The van der Waals surface area contributed by atoms with Crippen LogP contribution in [0.1, 0.15) is 17.1 Å². The summed E-state index contributed by atoms with van der Waals surface area (Å²) >= 11 is 0. The highest BCUT2D eigenvalue weighted by atomic mass is 15.2. The Labute approximate surface area is 88.8 Å². The van der Waals surface area contributed by atoms with Crippen LogP contribution in [0.2, 0.25) is 0 Å². The highest BCUT2D eigenvalue weighted by Crippen LogP contribution is 2.21. The zero-order valence-electron chi connectivity index (χ0n) is 8.91. The van der Waals surface area contributed by atoms with E-state index in [1.165, 1.54) is 0 Å². The van der Waals surface area contributed by atoms with Gasteiger partial charge in [-0.15, -0.1) is 0 Å². The zero-order chi connectivity index (χ0) is 10.8. The maximum atomic E-state index is 8.84. The monoisotopic (exact) mass is 203 g/mol. The summed E-state index contributed by atoms with van der Waals surface area (Å²) in [5.74, 6) is 1.11. The first-order valence-corrected chi connectivity index (χ1v) is 4.90. The third kappa shape index (κ3) is 1.76. The van der Waals surface area contributed by atoms with Gasteiger partial charge in [-0.25, -0.2) is 9.97 Å². The first kappa shape index (κ1) is 9.87. The van der Waals surface area contributed by atoms with E-state index >= 15 is 0 Å². The van der Waals surface area contributed by atoms with Crippen LogP contribution in [0.5, 0.6) is 0 Å². The van der Waals surface area contributed by atoms with Gasteiger partial charge in [-0.1, -0.05) is 0 Å². The number of nitriles is 1. The van der Waals surface area contributed by atoms with Crippen LogP contribution < -0.4 is 10.2 Å². The van der Waals surface area contributed by atoms with Crippen molar-refractivity contribution >= 4 is 5.82 Å². The van der Waals surface area contributed by atoms with Gasteiger partial charge in [0.05, 0.1) is 5.69 Å². The number of hydrogen-bond donors (Lipinski definition) is 1. The maximum absolute atomic E-state index is 8.84. The van der Waals surface area contributed by atoms with Gasteiger partial charge in [0.2, 0.25) is 5.82 Å². The summed E-state index contributed by atoms with van der Waals surface area (Å²) in [6.07, 6.45) is 0.868. The van der Waals surface area contributed by atoms with Crippen LogP contribution in [0, 0.1) is 11.3 Å². The molecule has 0 fully saturated rings. The van der Waals surface area contributed by atoms with Gasteiger partial charge in [0.1, 0.15) is 11.9 Å². The van der Waals surface area contributed by atoms with Gasteiger partial charge in [-0.3, -0.25) is 0 Å². The van der Waals surface area contributed by atoms with E-state index in [1.54, 1.807) is 0 Å². The zero-order valence-corrected chi connectivity index (χ0v) is 8.91. The second kappa shape index (κ2) is 3.83. The fourth-order valence-corrected chi connectivity index (χ4v) is 1.75. The molecule has 0 amide bonds. The quantitative estimate of drug-likeness (QED) is 0.699. The van der Waals surface area contributed by atoms with E-state index in [0.717, 1.165) is 36.6 Å². The molecule has 0 unspecified atom stereocenters. The van der Waals surface area contributed by atoms with E-state index in [4.69, 9.17) is 5.26 Å². The standard InChI is InChI=1S/C10H13N5/c1-15(2)10-7-6-12-4-3-8(7)13-9(5-11)14-10/h12H,3-4,6H2,1-2H3. The minimum Gasteiger partial charge on any atom is -0.362 e. The van der Waals surface area contributed by atoms with E-state index in [0.29, 0.717) is 0 Å². The second-order valence-corrected chi connectivity index (χ2v) is 3.73. The summed E-state index contributed by atoms with van der Waals surface area (Å²) < 4.78 is 0. The third-order valence-corrected chi connectivity index (χ3v) is 2.43. The molecule has 5 nitrogen and oxygen atoms in total. The number of nitrogens with one attached hydrogen (secondary N) is 1. The molecule has 0 atom stereocenters. The smallest absolute Gasteiger partial charge is 0.234 e. The lowest BCUT2D eigenvalue weighted by molar-refractivity contribution is 0.623. The van der Waals surface area contributed by atoms with Crippen LogP contribution in [-0.2, 0) is 13.0 Å². The minimum atomic E-state index is 0.263. The number of nitrogens with zero attached hydrogens (tertiary/aromatic N) is 4. The second-order valence-electron chi connectivity index (χ2n) is 3.73. The summed E-state index contributed by atoms with van der Waals surface area (Å²) in [6.45, 7) is 1.70. The summed E-state index contributed by atoms with van der Waals surface area (Å²) in [5, 5.41) is 12.1. The van der Waals surface area contributed by atoms with Gasteiger partial charge < -0.3 is 10.2 Å². The molecular formula is C10H13N5. The molecule has 1 aliphatic rings. The lowest BCUT2D eigenvalue weighted by atomic mass is 10.1. The van der Waals surface area contributed by atoms with Crippen LogP contribution in [0.3, 0.4) is 0 Å². The van der Waals surface area contributed by atoms with Crippen LogP contribution in [-0.4, -0.2) is 30.6 Å². The lowest BCUT2D eigenvalue weighted by Crippen LogP contribution is -2.28. The molecule has 0 spiro atoms. The maximum Gasteiger partial charge on any atom is 0.234 e.